The highest BCUT2D eigenvalue weighted by Gasteiger charge is 2.36. The normalized spacial score (nSPS) is 18.8. The summed E-state index contributed by atoms with van der Waals surface area (Å²) < 4.78 is 0.734. The number of nitrogens with zero attached hydrogens (tertiary/aromatic N) is 2. The third kappa shape index (κ3) is 2.83. The van der Waals surface area contributed by atoms with E-state index in [1.54, 1.807) is 13.0 Å². The number of hydrogen-bond acceptors (Lipinski definition) is 4. The zero-order valence-electron chi connectivity index (χ0n) is 9.39. The predicted octanol–water partition coefficient (Wildman–Crippen LogP) is 1.92. The molecule has 1 aliphatic rings. The van der Waals surface area contributed by atoms with Gasteiger partial charge in [0, 0.05) is 36.2 Å². The van der Waals surface area contributed by atoms with Crippen LogP contribution in [0.3, 0.4) is 0 Å². The lowest BCUT2D eigenvalue weighted by Gasteiger charge is -2.44. The van der Waals surface area contributed by atoms with Crippen LogP contribution < -0.4 is 0 Å². The largest absolute Gasteiger partial charge is 0.388 e. The van der Waals surface area contributed by atoms with Gasteiger partial charge in [-0.3, -0.25) is 15.0 Å². The van der Waals surface area contributed by atoms with Crippen LogP contribution in [0.25, 0.3) is 0 Å². The van der Waals surface area contributed by atoms with Crippen molar-refractivity contribution in [3.8, 4) is 0 Å². The summed E-state index contributed by atoms with van der Waals surface area (Å²) in [4.78, 5) is 12.3. The predicted molar refractivity (Wildman–Crippen MR) is 66.7 cm³/mol. The number of nitro benzene ring substituents is 1. The Hall–Kier alpha value is -0.980. The van der Waals surface area contributed by atoms with E-state index in [9.17, 15) is 15.2 Å². The van der Waals surface area contributed by atoms with Gasteiger partial charge in [0.2, 0.25) is 0 Å². The number of rotatable bonds is 3. The number of hydrogen-bond donors (Lipinski definition) is 1. The Morgan fingerprint density at radius 3 is 2.71 bits per heavy atom. The smallest absolute Gasteiger partial charge is 0.270 e. The summed E-state index contributed by atoms with van der Waals surface area (Å²) in [6.07, 6.45) is 0. The van der Waals surface area contributed by atoms with Gasteiger partial charge in [-0.15, -0.1) is 0 Å². The maximum Gasteiger partial charge on any atom is 0.270 e. The maximum atomic E-state index is 10.6. The molecule has 1 aliphatic heterocycles. The molecule has 1 aromatic carbocycles. The van der Waals surface area contributed by atoms with Crippen LogP contribution in [0.2, 0.25) is 0 Å². The molecule has 0 saturated carbocycles. The van der Waals surface area contributed by atoms with Gasteiger partial charge < -0.3 is 5.11 Å². The first kappa shape index (κ1) is 12.5. The molecule has 1 heterocycles. The second-order valence-corrected chi connectivity index (χ2v) is 5.53. The van der Waals surface area contributed by atoms with Crippen LogP contribution in [0.4, 0.5) is 5.69 Å². The van der Waals surface area contributed by atoms with Crippen molar-refractivity contribution in [2.45, 2.75) is 19.1 Å². The molecule has 1 saturated heterocycles. The summed E-state index contributed by atoms with van der Waals surface area (Å²) in [7, 11) is 0. The topological polar surface area (TPSA) is 66.6 Å². The van der Waals surface area contributed by atoms with Gasteiger partial charge in [0.15, 0.2) is 0 Å². The lowest BCUT2D eigenvalue weighted by Crippen LogP contribution is -2.59. The Bertz CT molecular complexity index is 454. The van der Waals surface area contributed by atoms with Crippen LogP contribution in [-0.2, 0) is 6.54 Å². The molecule has 6 heteroatoms. The van der Waals surface area contributed by atoms with E-state index in [1.807, 2.05) is 0 Å². The van der Waals surface area contributed by atoms with Crippen molar-refractivity contribution < 1.29 is 10.0 Å². The number of β-amino-alcohol motifs (C(OH)–C–C–N with tert-alkyl or cyclic N) is 1. The second kappa shape index (κ2) is 4.36. The van der Waals surface area contributed by atoms with Gasteiger partial charge >= 0.3 is 0 Å². The summed E-state index contributed by atoms with van der Waals surface area (Å²) in [6.45, 7) is 3.76. The van der Waals surface area contributed by atoms with Gasteiger partial charge in [-0.25, -0.2) is 0 Å². The monoisotopic (exact) mass is 300 g/mol. The number of nitro groups is 1. The fourth-order valence-corrected chi connectivity index (χ4v) is 2.54. The van der Waals surface area contributed by atoms with Gasteiger partial charge in [0.1, 0.15) is 0 Å². The van der Waals surface area contributed by atoms with Crippen molar-refractivity contribution in [2.24, 2.45) is 0 Å². The van der Waals surface area contributed by atoms with E-state index in [-0.39, 0.29) is 5.69 Å². The molecule has 2 rings (SSSR count). The van der Waals surface area contributed by atoms with Crippen molar-refractivity contribution in [3.05, 3.63) is 38.3 Å². The summed E-state index contributed by atoms with van der Waals surface area (Å²) in [6, 6.07) is 4.75. The van der Waals surface area contributed by atoms with Gasteiger partial charge in [-0.2, -0.15) is 0 Å². The van der Waals surface area contributed by atoms with E-state index in [0.717, 1.165) is 10.0 Å². The molecule has 5 nitrogen and oxygen atoms in total. The summed E-state index contributed by atoms with van der Waals surface area (Å²) in [5.41, 5.74) is 0.482. The summed E-state index contributed by atoms with van der Waals surface area (Å²) in [5, 5.41) is 20.2. The Morgan fingerprint density at radius 2 is 2.24 bits per heavy atom. The highest BCUT2D eigenvalue weighted by molar-refractivity contribution is 9.10. The Morgan fingerprint density at radius 1 is 1.59 bits per heavy atom. The van der Waals surface area contributed by atoms with E-state index in [2.05, 4.69) is 20.8 Å². The SMILES string of the molecule is CC1(O)CN(Cc2ccc([N+](=O)[O-])cc2Br)C1. The quantitative estimate of drug-likeness (QED) is 0.684. The zero-order chi connectivity index (χ0) is 12.6. The molecule has 0 aliphatic carbocycles. The molecule has 92 valence electrons. The fraction of sp³-hybridized carbons (Fsp3) is 0.455. The van der Waals surface area contributed by atoms with Crippen LogP contribution in [0.15, 0.2) is 22.7 Å². The molecule has 1 aromatic rings. The van der Waals surface area contributed by atoms with Crippen LogP contribution in [0.5, 0.6) is 0 Å². The van der Waals surface area contributed by atoms with Crippen molar-refractivity contribution >= 4 is 21.6 Å². The Kier molecular flexibility index (Phi) is 3.20. The number of likely N-dealkylation sites (tertiary alicyclic amines) is 1. The Labute approximate surface area is 107 Å². The molecule has 0 aromatic heterocycles. The van der Waals surface area contributed by atoms with E-state index >= 15 is 0 Å². The molecule has 17 heavy (non-hydrogen) atoms. The molecule has 0 bridgehead atoms. The molecule has 0 atom stereocenters. The molecule has 0 radical (unpaired) electrons. The Balaban J connectivity index is 2.05. The van der Waals surface area contributed by atoms with Crippen molar-refractivity contribution in [3.63, 3.8) is 0 Å². The van der Waals surface area contributed by atoms with E-state index in [4.69, 9.17) is 0 Å². The van der Waals surface area contributed by atoms with Crippen LogP contribution in [0, 0.1) is 10.1 Å². The highest BCUT2D eigenvalue weighted by Crippen LogP contribution is 2.27. The minimum Gasteiger partial charge on any atom is -0.388 e. The lowest BCUT2D eigenvalue weighted by atomic mass is 9.96. The molecular weight excluding hydrogens is 288 g/mol. The van der Waals surface area contributed by atoms with Gasteiger partial charge in [-0.1, -0.05) is 15.9 Å². The number of non-ortho nitro benzene ring substituents is 1. The minimum atomic E-state index is -0.590. The van der Waals surface area contributed by atoms with Crippen LogP contribution in [0.1, 0.15) is 12.5 Å². The maximum absolute atomic E-state index is 10.6. The van der Waals surface area contributed by atoms with Crippen molar-refractivity contribution in [1.82, 2.24) is 4.90 Å². The lowest BCUT2D eigenvalue weighted by molar-refractivity contribution is -0.384. The first-order valence-electron chi connectivity index (χ1n) is 5.25. The average molecular weight is 301 g/mol. The molecule has 0 amide bonds. The van der Waals surface area contributed by atoms with Crippen LogP contribution in [-0.4, -0.2) is 33.6 Å². The van der Waals surface area contributed by atoms with Crippen molar-refractivity contribution in [1.29, 1.82) is 0 Å². The van der Waals surface area contributed by atoms with Gasteiger partial charge in [0.25, 0.3) is 5.69 Å². The third-order valence-electron chi connectivity index (χ3n) is 2.77. The molecular formula is C11H13BrN2O3. The fourth-order valence-electron chi connectivity index (χ4n) is 2.05. The minimum absolute atomic E-state index is 0.0798. The van der Waals surface area contributed by atoms with Gasteiger partial charge in [-0.05, 0) is 18.6 Å². The molecule has 0 spiro atoms. The second-order valence-electron chi connectivity index (χ2n) is 4.67. The summed E-state index contributed by atoms with van der Waals surface area (Å²) >= 11 is 3.33. The van der Waals surface area contributed by atoms with Crippen LogP contribution >= 0.6 is 15.9 Å². The molecule has 1 fully saturated rings. The van der Waals surface area contributed by atoms with E-state index < -0.39 is 10.5 Å². The molecule has 0 unspecified atom stereocenters. The third-order valence-corrected chi connectivity index (χ3v) is 3.51. The highest BCUT2D eigenvalue weighted by atomic mass is 79.9. The standard InChI is InChI=1S/C11H13BrN2O3/c1-11(15)6-13(7-11)5-8-2-3-9(14(16)17)4-10(8)12/h2-4,15H,5-7H2,1H3. The molecule has 1 N–H and O–H groups in total. The van der Waals surface area contributed by atoms with E-state index in [0.29, 0.717) is 19.6 Å². The van der Waals surface area contributed by atoms with Gasteiger partial charge in [0.05, 0.1) is 10.5 Å². The number of halogens is 1. The summed E-state index contributed by atoms with van der Waals surface area (Å²) in [5.74, 6) is 0. The van der Waals surface area contributed by atoms with E-state index in [1.165, 1.54) is 12.1 Å². The number of aliphatic hydroxyl groups is 1. The first-order valence-corrected chi connectivity index (χ1v) is 6.04. The van der Waals surface area contributed by atoms with Crippen molar-refractivity contribution in [2.75, 3.05) is 13.1 Å². The average Bonchev–Trinajstić information content (AvgIpc) is 2.17. The zero-order valence-corrected chi connectivity index (χ0v) is 11.0. The first-order chi connectivity index (χ1) is 7.87. The number of benzene rings is 1.